The summed E-state index contributed by atoms with van der Waals surface area (Å²) in [6, 6.07) is 9.82. The Morgan fingerprint density at radius 3 is 2.05 bits per heavy atom. The normalized spacial score (nSPS) is 10.1. The van der Waals surface area contributed by atoms with Gasteiger partial charge in [-0.15, -0.1) is 0 Å². The Hall–Kier alpha value is -1.31. The van der Waals surface area contributed by atoms with E-state index in [-0.39, 0.29) is 5.91 Å². The van der Waals surface area contributed by atoms with E-state index in [0.717, 1.165) is 24.4 Å². The molecule has 1 N–H and O–H groups in total. The van der Waals surface area contributed by atoms with Crippen molar-refractivity contribution in [2.75, 3.05) is 6.54 Å². The fourth-order valence-electron chi connectivity index (χ4n) is 1.34. The lowest BCUT2D eigenvalue weighted by Gasteiger charge is -2.06. The van der Waals surface area contributed by atoms with Crippen molar-refractivity contribution in [1.29, 1.82) is 0 Å². The van der Waals surface area contributed by atoms with Gasteiger partial charge in [0.25, 0.3) is 0 Å². The van der Waals surface area contributed by atoms with Crippen LogP contribution in [0.4, 0.5) is 0 Å². The molecule has 2 heteroatoms. The number of rotatable bonds is 5. The fraction of sp³-hybridized carbons (Fsp3) is 0.588. The highest BCUT2D eigenvalue weighted by atomic mass is 16.1. The molecule has 1 aromatic carbocycles. The van der Waals surface area contributed by atoms with Gasteiger partial charge in [0.15, 0.2) is 0 Å². The number of carbonyl (C=O) groups excluding carboxylic acids is 1. The van der Waals surface area contributed by atoms with E-state index in [4.69, 9.17) is 0 Å². The summed E-state index contributed by atoms with van der Waals surface area (Å²) in [6.07, 6.45) is 1.53. The molecule has 0 unspecified atom stereocenters. The molecule has 0 fully saturated rings. The molecule has 0 aliphatic rings. The van der Waals surface area contributed by atoms with Crippen LogP contribution in [-0.4, -0.2) is 12.5 Å². The molecular weight excluding hydrogens is 234 g/mol. The van der Waals surface area contributed by atoms with Crippen molar-refractivity contribution in [3.05, 3.63) is 35.9 Å². The minimum atomic E-state index is 0.113. The number of hydrogen-bond acceptors (Lipinski definition) is 1. The van der Waals surface area contributed by atoms with Gasteiger partial charge in [0.1, 0.15) is 0 Å². The summed E-state index contributed by atoms with van der Waals surface area (Å²) in [4.78, 5) is 11.5. The summed E-state index contributed by atoms with van der Waals surface area (Å²) in [6.45, 7) is 11.6. The van der Waals surface area contributed by atoms with E-state index in [9.17, 15) is 4.79 Å². The Morgan fingerprint density at radius 1 is 1.05 bits per heavy atom. The van der Waals surface area contributed by atoms with Crippen molar-refractivity contribution in [1.82, 2.24) is 5.32 Å². The molecule has 108 valence electrons. The first kappa shape index (κ1) is 17.7. The van der Waals surface area contributed by atoms with Gasteiger partial charge in [0.05, 0.1) is 6.42 Å². The van der Waals surface area contributed by atoms with Crippen molar-refractivity contribution in [2.24, 2.45) is 11.8 Å². The van der Waals surface area contributed by atoms with Crippen LogP contribution in [0.15, 0.2) is 30.3 Å². The van der Waals surface area contributed by atoms with Gasteiger partial charge in [0.2, 0.25) is 5.91 Å². The average molecular weight is 263 g/mol. The van der Waals surface area contributed by atoms with Gasteiger partial charge in [0, 0.05) is 6.54 Å². The summed E-state index contributed by atoms with van der Waals surface area (Å²) < 4.78 is 0. The van der Waals surface area contributed by atoms with Crippen LogP contribution in [0.5, 0.6) is 0 Å². The summed E-state index contributed by atoms with van der Waals surface area (Å²) in [7, 11) is 0. The Bertz CT molecular complexity index is 328. The lowest BCUT2D eigenvalue weighted by atomic mass is 10.1. The first-order valence-corrected chi connectivity index (χ1v) is 7.22. The standard InChI is InChI=1S/C13H19NO.C4H10/c1-11(2)8-9-14-13(15)10-12-6-4-3-5-7-12;1-4(2)3/h3-7,11H,8-10H2,1-2H3,(H,14,15);4H,1-3H3. The number of carbonyl (C=O) groups is 1. The Kier molecular flexibility index (Phi) is 9.87. The second-order valence-electron chi connectivity index (χ2n) is 5.93. The number of nitrogens with one attached hydrogen (secondary N) is 1. The van der Waals surface area contributed by atoms with Crippen LogP contribution in [0.3, 0.4) is 0 Å². The third-order valence-corrected chi connectivity index (χ3v) is 2.25. The van der Waals surface area contributed by atoms with Crippen molar-refractivity contribution in [3.8, 4) is 0 Å². The monoisotopic (exact) mass is 263 g/mol. The van der Waals surface area contributed by atoms with Crippen molar-refractivity contribution >= 4 is 5.91 Å². The number of benzene rings is 1. The predicted octanol–water partition coefficient (Wildman–Crippen LogP) is 4.05. The van der Waals surface area contributed by atoms with Crippen LogP contribution in [0.1, 0.15) is 46.6 Å². The lowest BCUT2D eigenvalue weighted by molar-refractivity contribution is -0.120. The van der Waals surface area contributed by atoms with E-state index >= 15 is 0 Å². The summed E-state index contributed by atoms with van der Waals surface area (Å²) in [5.41, 5.74) is 1.07. The topological polar surface area (TPSA) is 29.1 Å². The van der Waals surface area contributed by atoms with E-state index in [1.165, 1.54) is 0 Å². The van der Waals surface area contributed by atoms with Crippen LogP contribution in [0.25, 0.3) is 0 Å². The molecule has 0 saturated heterocycles. The maximum Gasteiger partial charge on any atom is 0.224 e. The van der Waals surface area contributed by atoms with Crippen LogP contribution in [0.2, 0.25) is 0 Å². The van der Waals surface area contributed by atoms with Gasteiger partial charge in [-0.05, 0) is 23.8 Å². The van der Waals surface area contributed by atoms with Gasteiger partial charge in [-0.25, -0.2) is 0 Å². The molecule has 0 aromatic heterocycles. The Morgan fingerprint density at radius 2 is 1.58 bits per heavy atom. The van der Waals surface area contributed by atoms with E-state index < -0.39 is 0 Å². The second kappa shape index (κ2) is 10.6. The van der Waals surface area contributed by atoms with Crippen molar-refractivity contribution in [3.63, 3.8) is 0 Å². The molecule has 0 aliphatic carbocycles. The smallest absolute Gasteiger partial charge is 0.224 e. The molecule has 19 heavy (non-hydrogen) atoms. The molecule has 1 aromatic rings. The zero-order chi connectivity index (χ0) is 14.7. The van der Waals surface area contributed by atoms with E-state index in [1.54, 1.807) is 0 Å². The molecule has 0 saturated carbocycles. The molecule has 1 amide bonds. The SMILES string of the molecule is CC(C)C.CC(C)CCNC(=O)Cc1ccccc1. The largest absolute Gasteiger partial charge is 0.356 e. The molecule has 0 radical (unpaired) electrons. The maximum absolute atomic E-state index is 11.5. The molecule has 0 aliphatic heterocycles. The molecule has 0 spiro atoms. The third kappa shape index (κ3) is 12.9. The van der Waals surface area contributed by atoms with Crippen molar-refractivity contribution in [2.45, 2.75) is 47.5 Å². The fourth-order valence-corrected chi connectivity index (χ4v) is 1.34. The Balaban J connectivity index is 0.000000711. The highest BCUT2D eigenvalue weighted by molar-refractivity contribution is 5.78. The summed E-state index contributed by atoms with van der Waals surface area (Å²) in [5, 5.41) is 2.92. The van der Waals surface area contributed by atoms with Crippen LogP contribution >= 0.6 is 0 Å². The zero-order valence-corrected chi connectivity index (χ0v) is 13.1. The minimum Gasteiger partial charge on any atom is -0.356 e. The zero-order valence-electron chi connectivity index (χ0n) is 13.1. The summed E-state index contributed by atoms with van der Waals surface area (Å²) in [5.74, 6) is 1.59. The van der Waals surface area contributed by atoms with Gasteiger partial charge < -0.3 is 5.32 Å². The molecule has 2 nitrogen and oxygen atoms in total. The first-order chi connectivity index (χ1) is 8.91. The number of amides is 1. The van der Waals surface area contributed by atoms with E-state index in [2.05, 4.69) is 39.9 Å². The van der Waals surface area contributed by atoms with Crippen LogP contribution in [-0.2, 0) is 11.2 Å². The molecular formula is C17H29NO. The lowest BCUT2D eigenvalue weighted by Crippen LogP contribution is -2.26. The molecule has 0 heterocycles. The van der Waals surface area contributed by atoms with Gasteiger partial charge in [-0.3, -0.25) is 4.79 Å². The molecule has 0 atom stereocenters. The van der Waals surface area contributed by atoms with Crippen molar-refractivity contribution < 1.29 is 4.79 Å². The van der Waals surface area contributed by atoms with Gasteiger partial charge >= 0.3 is 0 Å². The highest BCUT2D eigenvalue weighted by Crippen LogP contribution is 2.00. The average Bonchev–Trinajstić information content (AvgIpc) is 2.28. The van der Waals surface area contributed by atoms with Crippen LogP contribution in [0, 0.1) is 11.8 Å². The third-order valence-electron chi connectivity index (χ3n) is 2.25. The molecule has 0 bridgehead atoms. The molecule has 1 rings (SSSR count). The quantitative estimate of drug-likeness (QED) is 0.853. The van der Waals surface area contributed by atoms with Gasteiger partial charge in [-0.2, -0.15) is 0 Å². The van der Waals surface area contributed by atoms with E-state index in [1.807, 2.05) is 30.3 Å². The first-order valence-electron chi connectivity index (χ1n) is 7.22. The minimum absolute atomic E-state index is 0.113. The highest BCUT2D eigenvalue weighted by Gasteiger charge is 2.02. The van der Waals surface area contributed by atoms with Gasteiger partial charge in [-0.1, -0.05) is 65.0 Å². The predicted molar refractivity (Wildman–Crippen MR) is 83.1 cm³/mol. The maximum atomic E-state index is 11.5. The Labute approximate surface area is 118 Å². The van der Waals surface area contributed by atoms with E-state index in [0.29, 0.717) is 12.3 Å². The van der Waals surface area contributed by atoms with Crippen LogP contribution < -0.4 is 5.32 Å². The second-order valence-corrected chi connectivity index (χ2v) is 5.93. The summed E-state index contributed by atoms with van der Waals surface area (Å²) >= 11 is 0. The number of hydrogen-bond donors (Lipinski definition) is 1.